The molecule has 1 aromatic heterocycles. The third-order valence-electron chi connectivity index (χ3n) is 3.30. The quantitative estimate of drug-likeness (QED) is 0.667. The average molecular weight is 384 g/mol. The molecule has 0 radical (unpaired) electrons. The summed E-state index contributed by atoms with van der Waals surface area (Å²) < 4.78 is 46.2. The highest BCUT2D eigenvalue weighted by Gasteiger charge is 2.22. The average Bonchev–Trinajstić information content (AvgIpc) is 2.94. The number of benzene rings is 2. The third kappa shape index (κ3) is 2.89. The molecule has 0 aliphatic carbocycles. The summed E-state index contributed by atoms with van der Waals surface area (Å²) in [5, 5.41) is 13.4. The molecule has 3 nitrogen and oxygen atoms in total. The van der Waals surface area contributed by atoms with Crippen molar-refractivity contribution in [1.29, 1.82) is 0 Å². The molecule has 1 N–H and O–H groups in total. The van der Waals surface area contributed by atoms with Crippen LogP contribution in [0.5, 0.6) is 0 Å². The van der Waals surface area contributed by atoms with E-state index in [9.17, 15) is 18.3 Å². The first-order chi connectivity index (χ1) is 11.0. The van der Waals surface area contributed by atoms with Gasteiger partial charge in [-0.3, -0.25) is 0 Å². The van der Waals surface area contributed by atoms with E-state index >= 15 is 0 Å². The van der Waals surface area contributed by atoms with Gasteiger partial charge in [-0.25, -0.2) is 13.2 Å². The van der Waals surface area contributed by atoms with Crippen LogP contribution in [0.3, 0.4) is 0 Å². The Bertz CT molecular complexity index is 880. The Hall–Kier alpha value is -2.12. The van der Waals surface area contributed by atoms with Gasteiger partial charge in [0, 0.05) is 16.1 Å². The zero-order chi connectivity index (χ0) is 16.6. The Kier molecular flexibility index (Phi) is 4.23. The molecule has 0 saturated heterocycles. The number of hydrogen-bond acceptors (Lipinski definition) is 3. The number of rotatable bonds is 3. The minimum atomic E-state index is -1.30. The van der Waals surface area contributed by atoms with E-state index in [1.165, 1.54) is 0 Å². The van der Waals surface area contributed by atoms with Gasteiger partial charge in [0.1, 0.15) is 11.5 Å². The topological polar surface area (TPSA) is 46.3 Å². The lowest BCUT2D eigenvalue weighted by atomic mass is 10.0. The van der Waals surface area contributed by atoms with Crippen LogP contribution in [-0.4, -0.2) is 10.3 Å². The van der Waals surface area contributed by atoms with Crippen molar-refractivity contribution >= 4 is 15.9 Å². The van der Waals surface area contributed by atoms with Gasteiger partial charge in [-0.15, -0.1) is 0 Å². The number of hydrogen-bond donors (Lipinski definition) is 1. The Morgan fingerprint density at radius 2 is 1.78 bits per heavy atom. The predicted octanol–water partition coefficient (Wildman–Crippen LogP) is 4.68. The zero-order valence-corrected chi connectivity index (χ0v) is 13.1. The molecule has 3 aromatic rings. The van der Waals surface area contributed by atoms with Gasteiger partial charge in [-0.2, -0.15) is 0 Å². The van der Waals surface area contributed by atoms with Gasteiger partial charge in [0.25, 0.3) is 0 Å². The number of aliphatic hydroxyl groups excluding tert-OH is 1. The normalized spacial score (nSPS) is 11.0. The van der Waals surface area contributed by atoms with E-state index in [4.69, 9.17) is 4.52 Å². The van der Waals surface area contributed by atoms with Crippen LogP contribution in [0.25, 0.3) is 22.6 Å². The van der Waals surface area contributed by atoms with Crippen molar-refractivity contribution in [3.8, 4) is 22.6 Å². The maximum atomic E-state index is 13.9. The smallest absolute Gasteiger partial charge is 0.176 e. The van der Waals surface area contributed by atoms with Crippen molar-refractivity contribution in [2.45, 2.75) is 6.61 Å². The molecular weight excluding hydrogens is 375 g/mol. The Morgan fingerprint density at radius 3 is 2.48 bits per heavy atom. The Balaban J connectivity index is 2.18. The lowest BCUT2D eigenvalue weighted by Crippen LogP contribution is -1.94. The molecule has 0 saturated carbocycles. The number of nitrogens with zero attached hydrogens (tertiary/aromatic N) is 1. The SMILES string of the molecule is OCc1c(-c2cccc(Br)c2)noc1-c1cc(F)c(F)cc1F. The van der Waals surface area contributed by atoms with Crippen LogP contribution in [0.15, 0.2) is 45.4 Å². The molecule has 3 rings (SSSR count). The molecule has 2 aromatic carbocycles. The van der Waals surface area contributed by atoms with Crippen molar-refractivity contribution < 1.29 is 22.8 Å². The van der Waals surface area contributed by atoms with Crippen molar-refractivity contribution in [3.05, 3.63) is 63.9 Å². The molecule has 1 heterocycles. The van der Waals surface area contributed by atoms with Crippen molar-refractivity contribution in [3.63, 3.8) is 0 Å². The van der Waals surface area contributed by atoms with Crippen LogP contribution in [0.4, 0.5) is 13.2 Å². The summed E-state index contributed by atoms with van der Waals surface area (Å²) in [4.78, 5) is 0. The van der Waals surface area contributed by atoms with E-state index in [1.807, 2.05) is 0 Å². The highest BCUT2D eigenvalue weighted by Crippen LogP contribution is 2.35. The van der Waals surface area contributed by atoms with Gasteiger partial charge in [-0.05, 0) is 18.2 Å². The summed E-state index contributed by atoms with van der Waals surface area (Å²) >= 11 is 3.31. The standard InChI is InChI=1S/C16H9BrF3NO2/c17-9-3-1-2-8(4-9)15-11(7-22)16(23-21-15)10-5-13(19)14(20)6-12(10)18/h1-6,22H,7H2. The molecule has 118 valence electrons. The minimum absolute atomic E-state index is 0.140. The van der Waals surface area contributed by atoms with Crippen LogP contribution in [0.1, 0.15) is 5.56 Å². The van der Waals surface area contributed by atoms with E-state index in [0.717, 1.165) is 4.47 Å². The minimum Gasteiger partial charge on any atom is -0.391 e. The molecule has 0 bridgehead atoms. The first-order valence-corrected chi connectivity index (χ1v) is 7.31. The fraction of sp³-hybridized carbons (Fsp3) is 0.0625. The second kappa shape index (κ2) is 6.17. The summed E-state index contributed by atoms with van der Waals surface area (Å²) in [5.74, 6) is -3.66. The predicted molar refractivity (Wildman–Crippen MR) is 80.9 cm³/mol. The van der Waals surface area contributed by atoms with Crippen LogP contribution in [0, 0.1) is 17.5 Å². The number of halogens is 4. The van der Waals surface area contributed by atoms with Gasteiger partial charge < -0.3 is 9.63 Å². The van der Waals surface area contributed by atoms with Gasteiger partial charge in [0.2, 0.25) is 0 Å². The van der Waals surface area contributed by atoms with Crippen LogP contribution in [0.2, 0.25) is 0 Å². The molecule has 0 aliphatic heterocycles. The fourth-order valence-corrected chi connectivity index (χ4v) is 2.63. The molecule has 0 atom stereocenters. The monoisotopic (exact) mass is 383 g/mol. The van der Waals surface area contributed by atoms with Gasteiger partial charge in [0.05, 0.1) is 17.7 Å². The molecule has 0 spiro atoms. The molecule has 0 amide bonds. The first kappa shape index (κ1) is 15.8. The largest absolute Gasteiger partial charge is 0.391 e. The van der Waals surface area contributed by atoms with Gasteiger partial charge in [-0.1, -0.05) is 33.2 Å². The molecule has 0 unspecified atom stereocenters. The molecular formula is C16H9BrF3NO2. The second-order valence-electron chi connectivity index (χ2n) is 4.75. The summed E-state index contributed by atoms with van der Waals surface area (Å²) in [6, 6.07) is 8.13. The fourth-order valence-electron chi connectivity index (χ4n) is 2.23. The summed E-state index contributed by atoms with van der Waals surface area (Å²) in [6.07, 6.45) is 0. The highest BCUT2D eigenvalue weighted by molar-refractivity contribution is 9.10. The van der Waals surface area contributed by atoms with E-state index < -0.39 is 24.1 Å². The van der Waals surface area contributed by atoms with Crippen molar-refractivity contribution in [2.24, 2.45) is 0 Å². The number of aliphatic hydroxyl groups is 1. The van der Waals surface area contributed by atoms with Gasteiger partial charge in [0.15, 0.2) is 17.4 Å². The Morgan fingerprint density at radius 1 is 1.04 bits per heavy atom. The van der Waals surface area contributed by atoms with E-state index in [2.05, 4.69) is 21.1 Å². The number of aromatic nitrogens is 1. The van der Waals surface area contributed by atoms with Crippen molar-refractivity contribution in [1.82, 2.24) is 5.16 Å². The third-order valence-corrected chi connectivity index (χ3v) is 3.79. The maximum Gasteiger partial charge on any atom is 0.176 e. The first-order valence-electron chi connectivity index (χ1n) is 6.51. The Labute approximate surface area is 137 Å². The molecule has 7 heteroatoms. The summed E-state index contributed by atoms with van der Waals surface area (Å²) in [5.41, 5.74) is 0.809. The van der Waals surface area contributed by atoms with Crippen molar-refractivity contribution in [2.75, 3.05) is 0 Å². The zero-order valence-electron chi connectivity index (χ0n) is 11.5. The molecule has 0 aliphatic rings. The van der Waals surface area contributed by atoms with Crippen LogP contribution >= 0.6 is 15.9 Å². The second-order valence-corrected chi connectivity index (χ2v) is 5.67. The maximum absolute atomic E-state index is 13.9. The lowest BCUT2D eigenvalue weighted by Gasteiger charge is -2.04. The lowest BCUT2D eigenvalue weighted by molar-refractivity contribution is 0.281. The van der Waals surface area contributed by atoms with E-state index in [0.29, 0.717) is 23.4 Å². The van der Waals surface area contributed by atoms with Crippen LogP contribution in [-0.2, 0) is 6.61 Å². The van der Waals surface area contributed by atoms with E-state index in [1.54, 1.807) is 24.3 Å². The highest BCUT2D eigenvalue weighted by atomic mass is 79.9. The summed E-state index contributed by atoms with van der Waals surface area (Å²) in [6.45, 7) is -0.501. The summed E-state index contributed by atoms with van der Waals surface area (Å²) in [7, 11) is 0. The van der Waals surface area contributed by atoms with Crippen LogP contribution < -0.4 is 0 Å². The molecule has 23 heavy (non-hydrogen) atoms. The van der Waals surface area contributed by atoms with Gasteiger partial charge >= 0.3 is 0 Å². The van der Waals surface area contributed by atoms with E-state index in [-0.39, 0.29) is 16.9 Å². The molecule has 0 fully saturated rings.